The van der Waals surface area contributed by atoms with Gasteiger partial charge in [-0.15, -0.1) is 0 Å². The SMILES string of the molecule is CCC(S)CCCN=C(C)N. The van der Waals surface area contributed by atoms with Crippen molar-refractivity contribution in [3.8, 4) is 0 Å². The van der Waals surface area contributed by atoms with Crippen LogP contribution in [0.1, 0.15) is 33.1 Å². The fraction of sp³-hybridized carbons (Fsp3) is 0.875. The zero-order valence-corrected chi connectivity index (χ0v) is 8.27. The number of hydrogen-bond acceptors (Lipinski definition) is 2. The molecule has 0 rings (SSSR count). The minimum atomic E-state index is 0.531. The third-order valence-electron chi connectivity index (χ3n) is 1.53. The van der Waals surface area contributed by atoms with Crippen LogP contribution in [0.15, 0.2) is 4.99 Å². The van der Waals surface area contributed by atoms with E-state index in [-0.39, 0.29) is 0 Å². The number of nitrogens with zero attached hydrogens (tertiary/aromatic N) is 1. The Morgan fingerprint density at radius 3 is 2.73 bits per heavy atom. The number of nitrogens with two attached hydrogens (primary N) is 1. The van der Waals surface area contributed by atoms with Crippen molar-refractivity contribution in [3.63, 3.8) is 0 Å². The summed E-state index contributed by atoms with van der Waals surface area (Å²) in [4.78, 5) is 4.09. The number of thiol groups is 1. The summed E-state index contributed by atoms with van der Waals surface area (Å²) < 4.78 is 0. The first-order valence-electron chi connectivity index (χ1n) is 4.11. The van der Waals surface area contributed by atoms with Gasteiger partial charge in [-0.2, -0.15) is 12.6 Å². The third-order valence-corrected chi connectivity index (χ3v) is 2.15. The highest BCUT2D eigenvalue weighted by Crippen LogP contribution is 2.07. The molecule has 0 fully saturated rings. The van der Waals surface area contributed by atoms with Crippen LogP contribution in [0.25, 0.3) is 0 Å². The highest BCUT2D eigenvalue weighted by molar-refractivity contribution is 7.80. The van der Waals surface area contributed by atoms with Crippen LogP contribution < -0.4 is 5.73 Å². The van der Waals surface area contributed by atoms with E-state index < -0.39 is 0 Å². The van der Waals surface area contributed by atoms with Gasteiger partial charge in [0.2, 0.25) is 0 Å². The summed E-state index contributed by atoms with van der Waals surface area (Å²) in [5.74, 6) is 0.678. The van der Waals surface area contributed by atoms with E-state index in [0.717, 1.165) is 25.8 Å². The van der Waals surface area contributed by atoms with Gasteiger partial charge in [-0.1, -0.05) is 6.92 Å². The molecule has 0 bridgehead atoms. The maximum absolute atomic E-state index is 5.37. The highest BCUT2D eigenvalue weighted by atomic mass is 32.1. The Labute approximate surface area is 74.7 Å². The lowest BCUT2D eigenvalue weighted by atomic mass is 10.2. The molecule has 3 heteroatoms. The summed E-state index contributed by atoms with van der Waals surface area (Å²) in [6.45, 7) is 4.81. The first kappa shape index (κ1) is 10.8. The standard InChI is InChI=1S/C8H18N2S/c1-3-8(11)5-4-6-10-7(2)9/h8,11H,3-6H2,1-2H3,(H2,9,10). The summed E-state index contributed by atoms with van der Waals surface area (Å²) in [7, 11) is 0. The van der Waals surface area contributed by atoms with Crippen LogP contribution in [-0.2, 0) is 0 Å². The minimum Gasteiger partial charge on any atom is -0.388 e. The van der Waals surface area contributed by atoms with Crippen LogP contribution in [-0.4, -0.2) is 17.6 Å². The fourth-order valence-electron chi connectivity index (χ4n) is 0.786. The highest BCUT2D eigenvalue weighted by Gasteiger charge is 1.97. The average molecular weight is 174 g/mol. The number of rotatable bonds is 5. The van der Waals surface area contributed by atoms with Crippen molar-refractivity contribution in [3.05, 3.63) is 0 Å². The molecule has 0 aromatic rings. The molecule has 1 unspecified atom stereocenters. The van der Waals surface area contributed by atoms with Gasteiger partial charge in [-0.25, -0.2) is 0 Å². The van der Waals surface area contributed by atoms with E-state index in [2.05, 4.69) is 24.5 Å². The second-order valence-corrected chi connectivity index (χ2v) is 3.46. The van der Waals surface area contributed by atoms with Gasteiger partial charge in [-0.3, -0.25) is 4.99 Å². The van der Waals surface area contributed by atoms with E-state index in [9.17, 15) is 0 Å². The predicted molar refractivity (Wildman–Crippen MR) is 54.5 cm³/mol. The van der Waals surface area contributed by atoms with Crippen LogP contribution >= 0.6 is 12.6 Å². The molecule has 2 nitrogen and oxygen atoms in total. The molecule has 0 aliphatic carbocycles. The molecule has 0 amide bonds. The lowest BCUT2D eigenvalue weighted by molar-refractivity contribution is 0.693. The lowest BCUT2D eigenvalue weighted by Gasteiger charge is -2.04. The lowest BCUT2D eigenvalue weighted by Crippen LogP contribution is -2.06. The van der Waals surface area contributed by atoms with Gasteiger partial charge in [0.1, 0.15) is 0 Å². The van der Waals surface area contributed by atoms with E-state index in [1.807, 2.05) is 6.92 Å². The van der Waals surface area contributed by atoms with E-state index in [1.54, 1.807) is 0 Å². The fourth-order valence-corrected chi connectivity index (χ4v) is 0.969. The number of hydrogen-bond donors (Lipinski definition) is 2. The van der Waals surface area contributed by atoms with Crippen LogP contribution in [0.2, 0.25) is 0 Å². The molecule has 11 heavy (non-hydrogen) atoms. The zero-order valence-electron chi connectivity index (χ0n) is 7.38. The Morgan fingerprint density at radius 2 is 2.27 bits per heavy atom. The van der Waals surface area contributed by atoms with E-state index in [4.69, 9.17) is 5.73 Å². The van der Waals surface area contributed by atoms with Gasteiger partial charge in [0.15, 0.2) is 0 Å². The van der Waals surface area contributed by atoms with Crippen molar-refractivity contribution in [1.29, 1.82) is 0 Å². The molecule has 0 aromatic heterocycles. The summed E-state index contributed by atoms with van der Waals surface area (Å²) in [5.41, 5.74) is 5.37. The van der Waals surface area contributed by atoms with Gasteiger partial charge in [0.05, 0.1) is 5.84 Å². The van der Waals surface area contributed by atoms with Gasteiger partial charge >= 0.3 is 0 Å². The van der Waals surface area contributed by atoms with Crippen molar-refractivity contribution >= 4 is 18.5 Å². The van der Waals surface area contributed by atoms with Crippen molar-refractivity contribution < 1.29 is 0 Å². The van der Waals surface area contributed by atoms with Crippen LogP contribution in [0, 0.1) is 0 Å². The van der Waals surface area contributed by atoms with Gasteiger partial charge in [0, 0.05) is 11.8 Å². The average Bonchev–Trinajstić information content (AvgIpc) is 1.97. The maximum atomic E-state index is 5.37. The molecular weight excluding hydrogens is 156 g/mol. The summed E-state index contributed by atoms with van der Waals surface area (Å²) in [6, 6.07) is 0. The Balaban J connectivity index is 3.21. The van der Waals surface area contributed by atoms with E-state index >= 15 is 0 Å². The van der Waals surface area contributed by atoms with E-state index in [1.165, 1.54) is 0 Å². The van der Waals surface area contributed by atoms with Crippen molar-refractivity contribution in [1.82, 2.24) is 0 Å². The Bertz CT molecular complexity index is 119. The molecule has 0 aromatic carbocycles. The van der Waals surface area contributed by atoms with Gasteiger partial charge in [0.25, 0.3) is 0 Å². The molecule has 66 valence electrons. The van der Waals surface area contributed by atoms with Gasteiger partial charge < -0.3 is 5.73 Å². The second-order valence-electron chi connectivity index (χ2n) is 2.73. The third kappa shape index (κ3) is 7.72. The normalized spacial score (nSPS) is 15.0. The van der Waals surface area contributed by atoms with Gasteiger partial charge in [-0.05, 0) is 26.2 Å². The zero-order chi connectivity index (χ0) is 8.69. The molecule has 0 spiro atoms. The Kier molecular flexibility index (Phi) is 6.42. The summed E-state index contributed by atoms with van der Waals surface area (Å²) >= 11 is 4.37. The summed E-state index contributed by atoms with van der Waals surface area (Å²) in [5, 5.41) is 0.531. The molecule has 0 aliphatic heterocycles. The van der Waals surface area contributed by atoms with Crippen molar-refractivity contribution in [2.45, 2.75) is 38.4 Å². The molecular formula is C8H18N2S. The first-order chi connectivity index (χ1) is 5.16. The van der Waals surface area contributed by atoms with E-state index in [0.29, 0.717) is 11.1 Å². The van der Waals surface area contributed by atoms with Crippen LogP contribution in [0.3, 0.4) is 0 Å². The molecule has 0 saturated carbocycles. The molecule has 0 heterocycles. The topological polar surface area (TPSA) is 38.4 Å². The van der Waals surface area contributed by atoms with Crippen molar-refractivity contribution in [2.75, 3.05) is 6.54 Å². The largest absolute Gasteiger partial charge is 0.388 e. The van der Waals surface area contributed by atoms with Crippen LogP contribution in [0.4, 0.5) is 0 Å². The quantitative estimate of drug-likeness (QED) is 0.284. The number of amidine groups is 1. The predicted octanol–water partition coefficient (Wildman–Crippen LogP) is 1.85. The maximum Gasteiger partial charge on any atom is 0.0905 e. The van der Waals surface area contributed by atoms with Crippen LogP contribution in [0.5, 0.6) is 0 Å². The second kappa shape index (κ2) is 6.53. The monoisotopic (exact) mass is 174 g/mol. The molecule has 0 saturated heterocycles. The Morgan fingerprint density at radius 1 is 1.64 bits per heavy atom. The minimum absolute atomic E-state index is 0.531. The van der Waals surface area contributed by atoms with Crippen molar-refractivity contribution in [2.24, 2.45) is 10.7 Å². The first-order valence-corrected chi connectivity index (χ1v) is 4.63. The molecule has 0 aliphatic rings. The smallest absolute Gasteiger partial charge is 0.0905 e. The summed E-state index contributed by atoms with van der Waals surface area (Å²) in [6.07, 6.45) is 3.36. The Hall–Kier alpha value is -0.180. The molecule has 2 N–H and O–H groups in total. The number of aliphatic imine (C=N–C) groups is 1. The molecule has 0 radical (unpaired) electrons. The molecule has 1 atom stereocenters.